The second kappa shape index (κ2) is 6.03. The number of methoxy groups -OCH3 is 1. The number of hydrogen-bond donors (Lipinski definition) is 1. The van der Waals surface area contributed by atoms with Crippen LogP contribution in [0.5, 0.6) is 5.75 Å². The molecule has 0 aliphatic carbocycles. The van der Waals surface area contributed by atoms with E-state index in [9.17, 15) is 4.79 Å². The molecule has 1 aromatic rings. The van der Waals surface area contributed by atoms with E-state index in [2.05, 4.69) is 29.3 Å². The molecule has 2 heterocycles. The molecule has 2 bridgehead atoms. The van der Waals surface area contributed by atoms with Crippen LogP contribution in [0, 0.1) is 12.8 Å². The fourth-order valence-corrected chi connectivity index (χ4v) is 3.06. The van der Waals surface area contributed by atoms with Gasteiger partial charge in [-0.1, -0.05) is 6.07 Å². The quantitative estimate of drug-likeness (QED) is 0.900. The summed E-state index contributed by atoms with van der Waals surface area (Å²) in [7, 11) is 1.68. The molecule has 0 saturated carbocycles. The monoisotopic (exact) mass is 290 g/mol. The van der Waals surface area contributed by atoms with Gasteiger partial charge in [-0.25, -0.2) is 0 Å². The highest BCUT2D eigenvalue weighted by molar-refractivity contribution is 5.79. The van der Waals surface area contributed by atoms with E-state index in [4.69, 9.17) is 9.47 Å². The van der Waals surface area contributed by atoms with Crippen molar-refractivity contribution in [2.45, 2.75) is 19.5 Å². The third kappa shape index (κ3) is 3.19. The van der Waals surface area contributed by atoms with Crippen molar-refractivity contribution < 1.29 is 14.3 Å². The van der Waals surface area contributed by atoms with E-state index in [1.54, 1.807) is 7.11 Å². The molecule has 1 amide bonds. The maximum atomic E-state index is 12.0. The molecule has 2 aliphatic rings. The van der Waals surface area contributed by atoms with Gasteiger partial charge in [0.1, 0.15) is 5.75 Å². The molecule has 1 aromatic carbocycles. The van der Waals surface area contributed by atoms with Crippen molar-refractivity contribution in [1.29, 1.82) is 0 Å². The van der Waals surface area contributed by atoms with Crippen molar-refractivity contribution in [3.05, 3.63) is 29.3 Å². The first-order valence-electron chi connectivity index (χ1n) is 7.39. The number of amides is 1. The van der Waals surface area contributed by atoms with Crippen molar-refractivity contribution in [3.8, 4) is 5.75 Å². The van der Waals surface area contributed by atoms with E-state index in [1.165, 1.54) is 11.1 Å². The lowest BCUT2D eigenvalue weighted by Crippen LogP contribution is -2.41. The normalized spacial score (nSPS) is 26.1. The Morgan fingerprint density at radius 3 is 3.00 bits per heavy atom. The lowest BCUT2D eigenvalue weighted by molar-refractivity contribution is -0.125. The number of nitrogens with one attached hydrogen (secondary N) is 1. The first-order valence-corrected chi connectivity index (χ1v) is 7.39. The Morgan fingerprint density at radius 2 is 2.24 bits per heavy atom. The van der Waals surface area contributed by atoms with Crippen LogP contribution in [-0.4, -0.2) is 50.3 Å². The van der Waals surface area contributed by atoms with Crippen LogP contribution in [0.3, 0.4) is 0 Å². The molecule has 114 valence electrons. The molecule has 3 rings (SSSR count). The number of carbonyl (C=O) groups is 1. The smallest absolute Gasteiger partial charge is 0.227 e. The summed E-state index contributed by atoms with van der Waals surface area (Å²) in [4.78, 5) is 14.4. The van der Waals surface area contributed by atoms with Crippen molar-refractivity contribution in [1.82, 2.24) is 10.2 Å². The number of benzene rings is 1. The zero-order valence-corrected chi connectivity index (χ0v) is 12.6. The van der Waals surface area contributed by atoms with E-state index in [0.717, 1.165) is 25.4 Å². The minimum atomic E-state index is -0.0592. The first-order chi connectivity index (χ1) is 10.2. The lowest BCUT2D eigenvalue weighted by Gasteiger charge is -2.28. The molecule has 0 unspecified atom stereocenters. The van der Waals surface area contributed by atoms with Gasteiger partial charge in [0.15, 0.2) is 0 Å². The minimum Gasteiger partial charge on any atom is -0.497 e. The van der Waals surface area contributed by atoms with E-state index < -0.39 is 0 Å². The number of carbonyl (C=O) groups excluding carboxylic acids is 1. The Morgan fingerprint density at radius 1 is 1.38 bits per heavy atom. The van der Waals surface area contributed by atoms with Gasteiger partial charge >= 0.3 is 0 Å². The highest BCUT2D eigenvalue weighted by Crippen LogP contribution is 2.21. The van der Waals surface area contributed by atoms with Gasteiger partial charge in [0.25, 0.3) is 0 Å². The number of rotatable bonds is 3. The zero-order chi connectivity index (χ0) is 14.8. The molecule has 5 nitrogen and oxygen atoms in total. The Bertz CT molecular complexity index is 532. The summed E-state index contributed by atoms with van der Waals surface area (Å²) in [5, 5.41) is 3.06. The van der Waals surface area contributed by atoms with Gasteiger partial charge in [-0.3, -0.25) is 9.69 Å². The Labute approximate surface area is 125 Å². The van der Waals surface area contributed by atoms with Crippen LogP contribution in [0.2, 0.25) is 0 Å². The van der Waals surface area contributed by atoms with Crippen LogP contribution in [0.25, 0.3) is 0 Å². The van der Waals surface area contributed by atoms with Crippen LogP contribution in [0.4, 0.5) is 0 Å². The van der Waals surface area contributed by atoms with Gasteiger partial charge in [-0.2, -0.15) is 0 Å². The molecule has 21 heavy (non-hydrogen) atoms. The second-order valence-corrected chi connectivity index (χ2v) is 5.93. The van der Waals surface area contributed by atoms with Gasteiger partial charge in [0.2, 0.25) is 5.91 Å². The van der Waals surface area contributed by atoms with E-state index in [-0.39, 0.29) is 17.9 Å². The molecule has 2 fully saturated rings. The van der Waals surface area contributed by atoms with Gasteiger partial charge in [0, 0.05) is 19.6 Å². The summed E-state index contributed by atoms with van der Waals surface area (Å²) in [6.07, 6.45) is 0. The van der Waals surface area contributed by atoms with Crippen LogP contribution in [-0.2, 0) is 16.1 Å². The van der Waals surface area contributed by atoms with Crippen LogP contribution >= 0.6 is 0 Å². The topological polar surface area (TPSA) is 50.8 Å². The average molecular weight is 290 g/mol. The Hall–Kier alpha value is -1.59. The molecule has 5 heteroatoms. The zero-order valence-electron chi connectivity index (χ0n) is 12.6. The minimum absolute atomic E-state index is 0.0592. The van der Waals surface area contributed by atoms with Crippen LogP contribution in [0.1, 0.15) is 11.1 Å². The third-order valence-electron chi connectivity index (χ3n) is 4.26. The summed E-state index contributed by atoms with van der Waals surface area (Å²) in [6, 6.07) is 6.26. The van der Waals surface area contributed by atoms with E-state index in [1.807, 2.05) is 6.07 Å². The number of aryl methyl sites for hydroxylation is 1. The molecular weight excluding hydrogens is 268 g/mol. The average Bonchev–Trinajstić information content (AvgIpc) is 2.69. The number of nitrogens with zero attached hydrogens (tertiary/aromatic N) is 1. The maximum absolute atomic E-state index is 12.0. The second-order valence-electron chi connectivity index (χ2n) is 5.93. The number of fused-ring (bicyclic) bond motifs is 3. The standard InChI is InChI=1S/C16H22N2O3/c1-11-5-15(20-2)4-3-12(11)6-18-7-13-9-21-10-14(8-18)17-16(13)19/h3-5,13-14H,6-10H2,1-2H3,(H,17,19)/t13-,14+/m1/s1. The molecule has 2 saturated heterocycles. The predicted molar refractivity (Wildman–Crippen MR) is 79.2 cm³/mol. The van der Waals surface area contributed by atoms with Crippen molar-refractivity contribution in [2.75, 3.05) is 33.4 Å². The van der Waals surface area contributed by atoms with Crippen molar-refractivity contribution >= 4 is 5.91 Å². The first kappa shape index (κ1) is 14.4. The largest absolute Gasteiger partial charge is 0.497 e. The summed E-state index contributed by atoms with van der Waals surface area (Å²) < 4.78 is 10.8. The Kier molecular flexibility index (Phi) is 4.12. The summed E-state index contributed by atoms with van der Waals surface area (Å²) in [5.74, 6) is 0.955. The Balaban J connectivity index is 1.74. The summed E-state index contributed by atoms with van der Waals surface area (Å²) in [5.41, 5.74) is 2.50. The van der Waals surface area contributed by atoms with E-state index in [0.29, 0.717) is 13.2 Å². The summed E-state index contributed by atoms with van der Waals surface area (Å²) >= 11 is 0. The molecule has 2 atom stereocenters. The van der Waals surface area contributed by atoms with Crippen molar-refractivity contribution in [2.24, 2.45) is 5.92 Å². The molecule has 2 aliphatic heterocycles. The molecule has 1 N–H and O–H groups in total. The summed E-state index contributed by atoms with van der Waals surface area (Å²) in [6.45, 7) is 5.70. The van der Waals surface area contributed by atoms with Gasteiger partial charge in [-0.15, -0.1) is 0 Å². The van der Waals surface area contributed by atoms with Crippen molar-refractivity contribution in [3.63, 3.8) is 0 Å². The molecule has 0 spiro atoms. The highest BCUT2D eigenvalue weighted by atomic mass is 16.5. The van der Waals surface area contributed by atoms with Gasteiger partial charge in [0.05, 0.1) is 32.3 Å². The van der Waals surface area contributed by atoms with Gasteiger partial charge in [-0.05, 0) is 30.2 Å². The third-order valence-corrected chi connectivity index (χ3v) is 4.26. The molecule has 0 aromatic heterocycles. The fraction of sp³-hybridized carbons (Fsp3) is 0.562. The van der Waals surface area contributed by atoms with Crippen LogP contribution < -0.4 is 10.1 Å². The lowest BCUT2D eigenvalue weighted by atomic mass is 10.1. The molecule has 0 radical (unpaired) electrons. The number of ether oxygens (including phenoxy) is 2. The predicted octanol–water partition coefficient (Wildman–Crippen LogP) is 0.950. The fourth-order valence-electron chi connectivity index (χ4n) is 3.06. The highest BCUT2D eigenvalue weighted by Gasteiger charge is 2.33. The molecular formula is C16H22N2O3. The maximum Gasteiger partial charge on any atom is 0.227 e. The number of hydrogen-bond acceptors (Lipinski definition) is 4. The SMILES string of the molecule is COc1ccc(CN2C[C@H]3COC[C@@H](C2)C(=O)N3)c(C)c1. The van der Waals surface area contributed by atoms with Crippen LogP contribution in [0.15, 0.2) is 18.2 Å². The van der Waals surface area contributed by atoms with Gasteiger partial charge < -0.3 is 14.8 Å². The van der Waals surface area contributed by atoms with E-state index >= 15 is 0 Å².